The number of alkyl halides is 3. The molecule has 20 heavy (non-hydrogen) atoms. The first-order valence-corrected chi connectivity index (χ1v) is 9.27. The molecule has 0 heterocycles. The molecule has 0 aliphatic carbocycles. The summed E-state index contributed by atoms with van der Waals surface area (Å²) < 4.78 is 36.9. The minimum absolute atomic E-state index is 0.0640. The van der Waals surface area contributed by atoms with Crippen molar-refractivity contribution < 1.29 is 13.2 Å². The van der Waals surface area contributed by atoms with Crippen molar-refractivity contribution >= 4 is 33.8 Å². The van der Waals surface area contributed by atoms with E-state index >= 15 is 0 Å². The Morgan fingerprint density at radius 3 is 1.50 bits per heavy atom. The normalized spacial score (nSPS) is 11.5. The maximum atomic E-state index is 12.3. The number of rotatable bonds is 1. The third-order valence-corrected chi connectivity index (χ3v) is 6.24. The second-order valence-corrected chi connectivity index (χ2v) is 9.58. The van der Waals surface area contributed by atoms with Gasteiger partial charge in [-0.25, -0.2) is 0 Å². The van der Waals surface area contributed by atoms with Gasteiger partial charge in [0.1, 0.15) is 27.8 Å². The van der Waals surface area contributed by atoms with Gasteiger partial charge in [-0.3, -0.25) is 0 Å². The summed E-state index contributed by atoms with van der Waals surface area (Å²) >= 11 is 10.6. The van der Waals surface area contributed by atoms with Crippen LogP contribution in [0.3, 0.4) is 0 Å². The summed E-state index contributed by atoms with van der Waals surface area (Å²) in [6, 6.07) is 17.4. The second-order valence-electron chi connectivity index (χ2n) is 3.97. The number of aryl methyl sites for hydroxylation is 1. The molecule has 0 unspecified atom stereocenters. The van der Waals surface area contributed by atoms with Crippen molar-refractivity contribution in [2.75, 3.05) is 0 Å². The Bertz CT molecular complexity index is 513. The van der Waals surface area contributed by atoms with Gasteiger partial charge in [0.25, 0.3) is 0 Å². The van der Waals surface area contributed by atoms with Crippen LogP contribution in [0, 0.1) is 6.92 Å². The fraction of sp³-hybridized carbons (Fsp3) is 0.143. The topological polar surface area (TPSA) is 0 Å². The Morgan fingerprint density at radius 1 is 0.800 bits per heavy atom. The fourth-order valence-electron chi connectivity index (χ4n) is 1.30. The summed E-state index contributed by atoms with van der Waals surface area (Å²) in [6.07, 6.45) is 0. The van der Waals surface area contributed by atoms with Crippen molar-refractivity contribution in [1.29, 1.82) is 0 Å². The molecule has 0 spiro atoms. The van der Waals surface area contributed by atoms with E-state index in [0.29, 0.717) is 0 Å². The standard InChI is InChI=1S/C7H5Cl2F3P.C7H8/c8-13(9,7(10,11)12)6-4-2-1-3-5-6;1-7-5-3-2-4-6-7/h1-5H;2-6H,1H3/q+1;. The Morgan fingerprint density at radius 2 is 1.20 bits per heavy atom. The molecule has 0 saturated carbocycles. The average molecular weight is 340 g/mol. The van der Waals surface area contributed by atoms with Gasteiger partial charge in [0, 0.05) is 0 Å². The molecule has 108 valence electrons. The molecule has 0 bridgehead atoms. The SMILES string of the molecule is Cc1ccccc1.FC(F)(F)[P+](Cl)(Cl)c1ccccc1. The molecule has 0 N–H and O–H groups in total. The lowest BCUT2D eigenvalue weighted by Gasteiger charge is -2.11. The molecule has 2 rings (SSSR count). The molecule has 0 atom stereocenters. The summed E-state index contributed by atoms with van der Waals surface area (Å²) in [5.74, 6) is -8.59. The molecular formula is C14H13Cl2F3P+. The van der Waals surface area contributed by atoms with Gasteiger partial charge < -0.3 is 0 Å². The summed E-state index contributed by atoms with van der Waals surface area (Å²) in [5, 5.41) is -0.0640. The van der Waals surface area contributed by atoms with Crippen molar-refractivity contribution in [2.24, 2.45) is 0 Å². The molecular weight excluding hydrogens is 327 g/mol. The summed E-state index contributed by atoms with van der Waals surface area (Å²) in [4.78, 5) is 0. The van der Waals surface area contributed by atoms with Crippen molar-refractivity contribution in [3.63, 3.8) is 0 Å². The van der Waals surface area contributed by atoms with E-state index in [0.717, 1.165) is 0 Å². The molecule has 0 amide bonds. The largest absolute Gasteiger partial charge is 0.548 e. The maximum Gasteiger partial charge on any atom is 0.548 e. The molecule has 6 heteroatoms. The summed E-state index contributed by atoms with van der Waals surface area (Å²) in [7, 11) is 0. The van der Waals surface area contributed by atoms with Gasteiger partial charge in [-0.2, -0.15) is 0 Å². The quantitative estimate of drug-likeness (QED) is 0.546. The van der Waals surface area contributed by atoms with E-state index in [1.165, 1.54) is 29.8 Å². The van der Waals surface area contributed by atoms with E-state index in [9.17, 15) is 13.2 Å². The van der Waals surface area contributed by atoms with Crippen LogP contribution in [0.15, 0.2) is 60.7 Å². The molecule has 0 saturated heterocycles. The van der Waals surface area contributed by atoms with E-state index in [2.05, 4.69) is 19.1 Å². The van der Waals surface area contributed by atoms with Gasteiger partial charge >= 0.3 is 11.9 Å². The van der Waals surface area contributed by atoms with Crippen molar-refractivity contribution in [3.05, 3.63) is 66.2 Å². The third kappa shape index (κ3) is 4.97. The fourth-order valence-corrected chi connectivity index (χ4v) is 2.81. The van der Waals surface area contributed by atoms with Gasteiger partial charge in [0.05, 0.1) is 0 Å². The highest BCUT2D eigenvalue weighted by molar-refractivity contribution is 8.22. The average Bonchev–Trinajstić information content (AvgIpc) is 2.40. The van der Waals surface area contributed by atoms with Crippen molar-refractivity contribution in [1.82, 2.24) is 0 Å². The van der Waals surface area contributed by atoms with Gasteiger partial charge in [-0.15, -0.1) is 13.2 Å². The molecule has 0 aliphatic rings. The molecule has 0 radical (unpaired) electrons. The Kier molecular flexibility index (Phi) is 6.32. The van der Waals surface area contributed by atoms with Gasteiger partial charge in [-0.05, 0) is 19.1 Å². The van der Waals surface area contributed by atoms with Crippen molar-refractivity contribution in [3.8, 4) is 0 Å². The first-order valence-electron chi connectivity index (χ1n) is 5.67. The van der Waals surface area contributed by atoms with Gasteiger partial charge in [0.2, 0.25) is 0 Å². The summed E-state index contributed by atoms with van der Waals surface area (Å²) in [6.45, 7) is 2.08. The lowest BCUT2D eigenvalue weighted by atomic mass is 10.2. The molecule has 2 aromatic rings. The molecule has 0 aliphatic heterocycles. The van der Waals surface area contributed by atoms with Crippen LogP contribution in [0.25, 0.3) is 0 Å². The zero-order valence-electron chi connectivity index (χ0n) is 10.6. The van der Waals surface area contributed by atoms with Gasteiger partial charge in [0.15, 0.2) is 0 Å². The van der Waals surface area contributed by atoms with Crippen LogP contribution in [0.1, 0.15) is 5.56 Å². The minimum Gasteiger partial charge on any atom is -0.132 e. The van der Waals surface area contributed by atoms with Crippen LogP contribution in [-0.4, -0.2) is 5.92 Å². The second kappa shape index (κ2) is 7.31. The lowest BCUT2D eigenvalue weighted by Crippen LogP contribution is -2.16. The maximum absolute atomic E-state index is 12.3. The number of hydrogen-bond donors (Lipinski definition) is 0. The Labute approximate surface area is 126 Å². The first-order chi connectivity index (χ1) is 9.25. The highest BCUT2D eigenvalue weighted by Crippen LogP contribution is 2.78. The van der Waals surface area contributed by atoms with E-state index in [-0.39, 0.29) is 5.30 Å². The van der Waals surface area contributed by atoms with E-state index < -0.39 is 11.9 Å². The Hall–Kier alpha value is -0.760. The van der Waals surface area contributed by atoms with E-state index in [1.54, 1.807) is 6.07 Å². The molecule has 0 aromatic heterocycles. The number of hydrogen-bond acceptors (Lipinski definition) is 0. The van der Waals surface area contributed by atoms with Crippen LogP contribution in [-0.2, 0) is 0 Å². The molecule has 0 fully saturated rings. The Balaban J connectivity index is 0.000000240. The van der Waals surface area contributed by atoms with Crippen LogP contribution < -0.4 is 5.30 Å². The van der Waals surface area contributed by atoms with Crippen LogP contribution in [0.5, 0.6) is 0 Å². The van der Waals surface area contributed by atoms with Crippen LogP contribution in [0.2, 0.25) is 0 Å². The number of benzene rings is 2. The molecule has 2 aromatic carbocycles. The van der Waals surface area contributed by atoms with E-state index in [4.69, 9.17) is 22.5 Å². The predicted molar refractivity (Wildman–Crippen MR) is 81.9 cm³/mol. The zero-order chi connectivity index (χ0) is 15.2. The van der Waals surface area contributed by atoms with Crippen LogP contribution >= 0.6 is 28.4 Å². The van der Waals surface area contributed by atoms with Gasteiger partial charge in [-0.1, -0.05) is 54.1 Å². The highest BCUT2D eigenvalue weighted by atomic mass is 35.9. The van der Waals surface area contributed by atoms with Crippen molar-refractivity contribution in [2.45, 2.75) is 12.8 Å². The highest BCUT2D eigenvalue weighted by Gasteiger charge is 2.65. The van der Waals surface area contributed by atoms with E-state index in [1.807, 2.05) is 18.2 Å². The third-order valence-electron chi connectivity index (χ3n) is 2.34. The van der Waals surface area contributed by atoms with Crippen LogP contribution in [0.4, 0.5) is 13.2 Å². The smallest absolute Gasteiger partial charge is 0.132 e. The number of halogens is 5. The molecule has 0 nitrogen and oxygen atoms in total. The lowest BCUT2D eigenvalue weighted by molar-refractivity contribution is -0.0384. The predicted octanol–water partition coefficient (Wildman–Crippen LogP) is 6.15. The zero-order valence-corrected chi connectivity index (χ0v) is 13.0. The monoisotopic (exact) mass is 339 g/mol. The minimum atomic E-state index is -4.56. The first kappa shape index (κ1) is 17.3. The summed E-state index contributed by atoms with van der Waals surface area (Å²) in [5.41, 5.74) is 1.32.